The highest BCUT2D eigenvalue weighted by molar-refractivity contribution is 5.95. The Kier molecular flexibility index (Phi) is 4.07. The van der Waals surface area contributed by atoms with Gasteiger partial charge in [0.2, 0.25) is 0 Å². The molecule has 0 unspecified atom stereocenters. The lowest BCUT2D eigenvalue weighted by atomic mass is 10.0. The molecule has 0 aliphatic carbocycles. The van der Waals surface area contributed by atoms with E-state index >= 15 is 0 Å². The second kappa shape index (κ2) is 6.45. The van der Waals surface area contributed by atoms with Crippen LogP contribution < -0.4 is 15.9 Å². The maximum absolute atomic E-state index is 12.4. The SMILES string of the molecule is Cc1cccc(C)c1Oc1cn(O)c(=O)cc1-c1cn(C)c(=O)c2[nH]ccc12. The van der Waals surface area contributed by atoms with Gasteiger partial charge in [0.15, 0.2) is 5.75 Å². The third-order valence-corrected chi connectivity index (χ3v) is 4.80. The molecule has 0 atom stereocenters. The number of hydrogen-bond donors (Lipinski definition) is 2. The first-order valence-corrected chi connectivity index (χ1v) is 8.74. The minimum absolute atomic E-state index is 0.170. The van der Waals surface area contributed by atoms with E-state index in [-0.39, 0.29) is 5.56 Å². The summed E-state index contributed by atoms with van der Waals surface area (Å²) in [5.74, 6) is 0.957. The van der Waals surface area contributed by atoms with Crippen LogP contribution in [-0.4, -0.2) is 19.5 Å². The number of nitrogens with zero attached hydrogens (tertiary/aromatic N) is 2. The Morgan fingerprint density at radius 3 is 2.46 bits per heavy atom. The van der Waals surface area contributed by atoms with Crippen LogP contribution in [0.1, 0.15) is 11.1 Å². The highest BCUT2D eigenvalue weighted by Crippen LogP contribution is 2.37. The first-order valence-electron chi connectivity index (χ1n) is 8.74. The van der Waals surface area contributed by atoms with Gasteiger partial charge in [-0.15, -0.1) is 0 Å². The normalized spacial score (nSPS) is 11.1. The van der Waals surface area contributed by atoms with Crippen molar-refractivity contribution in [2.45, 2.75) is 13.8 Å². The molecule has 0 aliphatic rings. The molecule has 1 aromatic carbocycles. The Balaban J connectivity index is 2.00. The summed E-state index contributed by atoms with van der Waals surface area (Å²) in [6.07, 6.45) is 4.58. The number of aromatic nitrogens is 3. The fraction of sp³-hybridized carbons (Fsp3) is 0.143. The lowest BCUT2D eigenvalue weighted by molar-refractivity contribution is 0.172. The summed E-state index contributed by atoms with van der Waals surface area (Å²) < 4.78 is 8.07. The Hall–Kier alpha value is -3.74. The molecule has 7 nitrogen and oxygen atoms in total. The molecule has 0 spiro atoms. The predicted molar refractivity (Wildman–Crippen MR) is 106 cm³/mol. The van der Waals surface area contributed by atoms with Crippen molar-refractivity contribution < 1.29 is 9.94 Å². The first-order chi connectivity index (χ1) is 13.4. The summed E-state index contributed by atoms with van der Waals surface area (Å²) in [5, 5.41) is 10.6. The van der Waals surface area contributed by atoms with Crippen LogP contribution in [0.2, 0.25) is 0 Å². The number of fused-ring (bicyclic) bond motifs is 1. The van der Waals surface area contributed by atoms with Crippen LogP contribution in [0, 0.1) is 13.8 Å². The molecule has 0 radical (unpaired) electrons. The molecule has 0 bridgehead atoms. The zero-order valence-corrected chi connectivity index (χ0v) is 15.7. The van der Waals surface area contributed by atoms with Gasteiger partial charge in [-0.25, -0.2) is 0 Å². The van der Waals surface area contributed by atoms with Crippen LogP contribution in [0.3, 0.4) is 0 Å². The zero-order valence-electron chi connectivity index (χ0n) is 15.7. The van der Waals surface area contributed by atoms with Gasteiger partial charge in [-0.2, -0.15) is 4.73 Å². The largest absolute Gasteiger partial charge is 0.454 e. The number of hydrogen-bond acceptors (Lipinski definition) is 4. The van der Waals surface area contributed by atoms with Crippen molar-refractivity contribution >= 4 is 10.9 Å². The lowest BCUT2D eigenvalue weighted by Gasteiger charge is -2.16. The van der Waals surface area contributed by atoms with Crippen LogP contribution in [0.5, 0.6) is 11.5 Å². The molecule has 0 saturated heterocycles. The average molecular weight is 377 g/mol. The maximum Gasteiger partial charge on any atom is 0.283 e. The molecule has 0 aliphatic heterocycles. The van der Waals surface area contributed by atoms with E-state index in [1.165, 1.54) is 16.8 Å². The van der Waals surface area contributed by atoms with E-state index in [0.29, 0.717) is 38.3 Å². The van der Waals surface area contributed by atoms with Crippen molar-refractivity contribution in [2.75, 3.05) is 0 Å². The van der Waals surface area contributed by atoms with Crippen molar-refractivity contribution in [3.8, 4) is 22.6 Å². The maximum atomic E-state index is 12.4. The summed E-state index contributed by atoms with van der Waals surface area (Å²) in [5.41, 5.74) is 2.65. The molecule has 28 heavy (non-hydrogen) atoms. The number of rotatable bonds is 3. The molecule has 0 saturated carbocycles. The van der Waals surface area contributed by atoms with Gasteiger partial charge in [0.1, 0.15) is 11.3 Å². The monoisotopic (exact) mass is 377 g/mol. The van der Waals surface area contributed by atoms with Crippen molar-refractivity contribution in [1.29, 1.82) is 0 Å². The summed E-state index contributed by atoms with van der Waals surface area (Å²) in [6.45, 7) is 3.85. The van der Waals surface area contributed by atoms with Crippen molar-refractivity contribution in [1.82, 2.24) is 14.3 Å². The summed E-state index contributed by atoms with van der Waals surface area (Å²) in [6, 6.07) is 8.86. The van der Waals surface area contributed by atoms with Crippen molar-refractivity contribution in [3.63, 3.8) is 0 Å². The number of pyridine rings is 2. The molecule has 142 valence electrons. The van der Waals surface area contributed by atoms with Crippen LogP contribution in [-0.2, 0) is 7.05 Å². The number of aryl methyl sites for hydroxylation is 3. The number of para-hydroxylation sites is 1. The summed E-state index contributed by atoms with van der Waals surface area (Å²) in [4.78, 5) is 27.5. The third-order valence-electron chi connectivity index (χ3n) is 4.80. The lowest BCUT2D eigenvalue weighted by Crippen LogP contribution is -2.18. The Morgan fingerprint density at radius 2 is 1.75 bits per heavy atom. The number of ether oxygens (including phenoxy) is 1. The number of nitrogens with one attached hydrogen (secondary N) is 1. The predicted octanol–water partition coefficient (Wildman–Crippen LogP) is 3.34. The Labute approximate surface area is 160 Å². The zero-order chi connectivity index (χ0) is 20.0. The molecule has 3 aromatic heterocycles. The molecule has 7 heteroatoms. The highest BCUT2D eigenvalue weighted by atomic mass is 16.5. The summed E-state index contributed by atoms with van der Waals surface area (Å²) in [7, 11) is 1.64. The summed E-state index contributed by atoms with van der Waals surface area (Å²) >= 11 is 0. The van der Waals surface area contributed by atoms with Gasteiger partial charge in [0, 0.05) is 42.0 Å². The quantitative estimate of drug-likeness (QED) is 0.536. The van der Waals surface area contributed by atoms with E-state index in [0.717, 1.165) is 11.1 Å². The molecule has 4 rings (SSSR count). The molecule has 0 fully saturated rings. The smallest absolute Gasteiger partial charge is 0.283 e. The van der Waals surface area contributed by atoms with Crippen LogP contribution in [0.15, 0.2) is 58.5 Å². The van der Waals surface area contributed by atoms with Gasteiger partial charge in [-0.3, -0.25) is 9.59 Å². The standard InChI is InChI=1S/C21H19N3O4/c1-12-5-4-6-13(2)20(12)28-17-11-24(27)18(25)9-15(17)16-10-23(3)21(26)19-14(16)7-8-22-19/h4-11,22,27H,1-3H3. The Bertz CT molecular complexity index is 1310. The average Bonchev–Trinajstić information content (AvgIpc) is 3.14. The van der Waals surface area contributed by atoms with Crippen molar-refractivity contribution in [2.24, 2.45) is 7.05 Å². The second-order valence-corrected chi connectivity index (χ2v) is 6.78. The van der Waals surface area contributed by atoms with Gasteiger partial charge in [0.05, 0.1) is 6.20 Å². The van der Waals surface area contributed by atoms with E-state index in [4.69, 9.17) is 4.74 Å². The van der Waals surface area contributed by atoms with Gasteiger partial charge in [0.25, 0.3) is 11.1 Å². The minimum Gasteiger partial charge on any atom is -0.454 e. The van der Waals surface area contributed by atoms with Crippen LogP contribution in [0.25, 0.3) is 22.0 Å². The number of H-pyrrole nitrogens is 1. The van der Waals surface area contributed by atoms with E-state index < -0.39 is 5.56 Å². The minimum atomic E-state index is -0.596. The van der Waals surface area contributed by atoms with Gasteiger partial charge < -0.3 is 19.5 Å². The second-order valence-electron chi connectivity index (χ2n) is 6.78. The van der Waals surface area contributed by atoms with Gasteiger partial charge in [-0.1, -0.05) is 18.2 Å². The van der Waals surface area contributed by atoms with Crippen molar-refractivity contribution in [3.05, 3.63) is 80.8 Å². The van der Waals surface area contributed by atoms with Crippen LogP contribution in [0.4, 0.5) is 0 Å². The molecular formula is C21H19N3O4. The number of benzene rings is 1. The topological polar surface area (TPSA) is 89.2 Å². The molecule has 3 heterocycles. The van der Waals surface area contributed by atoms with Gasteiger partial charge in [-0.05, 0) is 31.0 Å². The van der Waals surface area contributed by atoms with Crippen LogP contribution >= 0.6 is 0 Å². The number of aromatic amines is 1. The van der Waals surface area contributed by atoms with E-state index in [1.54, 1.807) is 25.5 Å². The third kappa shape index (κ3) is 2.77. The highest BCUT2D eigenvalue weighted by Gasteiger charge is 2.18. The van der Waals surface area contributed by atoms with E-state index in [2.05, 4.69) is 4.98 Å². The Morgan fingerprint density at radius 1 is 1.04 bits per heavy atom. The molecular weight excluding hydrogens is 358 g/mol. The molecule has 4 aromatic rings. The molecule has 2 N–H and O–H groups in total. The fourth-order valence-corrected chi connectivity index (χ4v) is 3.35. The fourth-order valence-electron chi connectivity index (χ4n) is 3.35. The van der Waals surface area contributed by atoms with E-state index in [1.807, 2.05) is 32.0 Å². The van der Waals surface area contributed by atoms with E-state index in [9.17, 15) is 14.8 Å². The molecule has 0 amide bonds. The first kappa shape index (κ1) is 17.7. The van der Waals surface area contributed by atoms with Gasteiger partial charge >= 0.3 is 0 Å².